The number of nitrogens with one attached hydrogen (secondary N) is 1. The number of likely N-dealkylation sites (tertiary alicyclic amines) is 1. The number of carbonyl (C=O) groups excluding carboxylic acids is 3. The van der Waals surface area contributed by atoms with E-state index < -0.39 is 17.2 Å². The molecule has 3 amide bonds. The van der Waals surface area contributed by atoms with Crippen LogP contribution < -0.4 is 5.69 Å². The Morgan fingerprint density at radius 2 is 1.23 bits per heavy atom. The normalized spacial score (nSPS) is 14.1. The zero-order valence-corrected chi connectivity index (χ0v) is 31.5. The predicted molar refractivity (Wildman–Crippen MR) is 204 cm³/mol. The topological polar surface area (TPSA) is 111 Å². The lowest BCUT2D eigenvalue weighted by molar-refractivity contribution is -0.139. The van der Waals surface area contributed by atoms with Crippen LogP contribution in [0.2, 0.25) is 0 Å². The van der Waals surface area contributed by atoms with E-state index >= 15 is 0 Å². The van der Waals surface area contributed by atoms with Gasteiger partial charge in [0.25, 0.3) is 0 Å². The van der Waals surface area contributed by atoms with E-state index in [9.17, 15) is 19.2 Å². The van der Waals surface area contributed by atoms with Gasteiger partial charge in [0, 0.05) is 50.8 Å². The van der Waals surface area contributed by atoms with Gasteiger partial charge in [0.2, 0.25) is 11.8 Å². The molecule has 11 heteroatoms. The van der Waals surface area contributed by atoms with Gasteiger partial charge in [-0.1, -0.05) is 72.8 Å². The van der Waals surface area contributed by atoms with E-state index in [0.29, 0.717) is 38.8 Å². The summed E-state index contributed by atoms with van der Waals surface area (Å²) in [6.07, 6.45) is 2.16. The number of hydrogen-bond donors (Lipinski definition) is 1. The molecule has 1 saturated heterocycles. The number of rotatable bonds is 14. The van der Waals surface area contributed by atoms with Crippen LogP contribution in [0, 0.1) is 0 Å². The second-order valence-electron chi connectivity index (χ2n) is 15.2. The Morgan fingerprint density at radius 1 is 0.750 bits per heavy atom. The highest BCUT2D eigenvalue weighted by molar-refractivity contribution is 5.82. The van der Waals surface area contributed by atoms with Crippen LogP contribution in [0.1, 0.15) is 57.7 Å². The van der Waals surface area contributed by atoms with Crippen molar-refractivity contribution in [3.63, 3.8) is 0 Å². The van der Waals surface area contributed by atoms with Gasteiger partial charge < -0.3 is 24.4 Å². The standard InChI is InChI=1S/C41H54N6O5/c1-40(2,27-31-15-9-7-10-16-31)43(5)36(48)29-45(30-37(49)44(6)41(3,4)28-32-17-11-8-12-18-32)25-26-52-39(51)46-23-21-33(22-24-46)47-35-20-14-13-19-34(35)42-38(47)50/h7-20,33H,21-30H2,1-6H3,(H,42,50). The van der Waals surface area contributed by atoms with E-state index in [1.807, 2.05) is 88.4 Å². The fourth-order valence-corrected chi connectivity index (χ4v) is 7.01. The molecule has 0 unspecified atom stereocenters. The number of benzene rings is 3. The minimum absolute atomic E-state index is 0.00423. The van der Waals surface area contributed by atoms with Gasteiger partial charge in [0.1, 0.15) is 6.61 Å². The molecule has 0 saturated carbocycles. The molecular weight excluding hydrogens is 656 g/mol. The van der Waals surface area contributed by atoms with Crippen molar-refractivity contribution in [2.45, 2.75) is 70.5 Å². The molecule has 11 nitrogen and oxygen atoms in total. The van der Waals surface area contributed by atoms with Crippen LogP contribution in [0.5, 0.6) is 0 Å². The number of para-hydroxylation sites is 2. The third-order valence-corrected chi connectivity index (χ3v) is 10.6. The number of imidazole rings is 1. The molecule has 0 aliphatic carbocycles. The number of ether oxygens (including phenoxy) is 1. The maximum absolute atomic E-state index is 13.8. The lowest BCUT2D eigenvalue weighted by Gasteiger charge is -2.39. The van der Waals surface area contributed by atoms with Gasteiger partial charge in [0.05, 0.1) is 24.1 Å². The molecule has 1 aromatic heterocycles. The Hall–Kier alpha value is -4.90. The molecule has 5 rings (SSSR count). The zero-order valence-electron chi connectivity index (χ0n) is 31.5. The average Bonchev–Trinajstić information content (AvgIpc) is 3.46. The number of H-pyrrole nitrogens is 1. The smallest absolute Gasteiger partial charge is 0.409 e. The zero-order chi connectivity index (χ0) is 37.5. The third kappa shape index (κ3) is 9.50. The van der Waals surface area contributed by atoms with Crippen molar-refractivity contribution in [1.82, 2.24) is 29.2 Å². The molecule has 4 aromatic rings. The Bertz CT molecular complexity index is 1790. The third-order valence-electron chi connectivity index (χ3n) is 10.6. The molecule has 2 heterocycles. The second kappa shape index (κ2) is 16.6. The largest absolute Gasteiger partial charge is 0.448 e. The van der Waals surface area contributed by atoms with Crippen LogP contribution in [0.15, 0.2) is 89.7 Å². The van der Waals surface area contributed by atoms with Crippen LogP contribution in [0.4, 0.5) is 4.79 Å². The highest BCUT2D eigenvalue weighted by Gasteiger charge is 2.33. The first-order chi connectivity index (χ1) is 24.7. The molecule has 0 atom stereocenters. The van der Waals surface area contributed by atoms with Crippen LogP contribution in [0.25, 0.3) is 11.0 Å². The maximum Gasteiger partial charge on any atom is 0.409 e. The van der Waals surface area contributed by atoms with E-state index in [-0.39, 0.29) is 49.8 Å². The number of aromatic amines is 1. The van der Waals surface area contributed by atoms with Crippen molar-refractivity contribution in [2.24, 2.45) is 0 Å². The number of piperidine rings is 1. The van der Waals surface area contributed by atoms with Crippen LogP contribution in [-0.4, -0.2) is 112 Å². The summed E-state index contributed by atoms with van der Waals surface area (Å²) in [6, 6.07) is 27.7. The van der Waals surface area contributed by atoms with Gasteiger partial charge in [0.15, 0.2) is 0 Å². The van der Waals surface area contributed by atoms with Crippen molar-refractivity contribution < 1.29 is 19.1 Å². The SMILES string of the molecule is CN(C(=O)CN(CCOC(=O)N1CCC(n2c(=O)[nH]c3ccccc32)CC1)CC(=O)N(C)C(C)(C)Cc1ccccc1)C(C)(C)Cc1ccccc1. The van der Waals surface area contributed by atoms with Crippen LogP contribution in [0.3, 0.4) is 0 Å². The highest BCUT2D eigenvalue weighted by Crippen LogP contribution is 2.26. The van der Waals surface area contributed by atoms with Gasteiger partial charge in [-0.15, -0.1) is 0 Å². The monoisotopic (exact) mass is 710 g/mol. The summed E-state index contributed by atoms with van der Waals surface area (Å²) in [5.41, 5.74) is 2.83. The number of fused-ring (bicyclic) bond motifs is 1. The second-order valence-corrected chi connectivity index (χ2v) is 15.2. The summed E-state index contributed by atoms with van der Waals surface area (Å²) in [5, 5.41) is 0. The van der Waals surface area contributed by atoms with Gasteiger partial charge in [-0.25, -0.2) is 9.59 Å². The van der Waals surface area contributed by atoms with E-state index in [0.717, 1.165) is 22.2 Å². The predicted octanol–water partition coefficient (Wildman–Crippen LogP) is 5.36. The van der Waals surface area contributed by atoms with E-state index in [4.69, 9.17) is 4.74 Å². The van der Waals surface area contributed by atoms with Crippen LogP contribution >= 0.6 is 0 Å². The van der Waals surface area contributed by atoms with Crippen molar-refractivity contribution in [3.8, 4) is 0 Å². The molecule has 1 fully saturated rings. The Morgan fingerprint density at radius 3 is 1.75 bits per heavy atom. The Balaban J connectivity index is 1.20. The molecule has 0 spiro atoms. The molecule has 0 bridgehead atoms. The molecular formula is C41H54N6O5. The Kier molecular flexibility index (Phi) is 12.3. The van der Waals surface area contributed by atoms with E-state index in [1.165, 1.54) is 0 Å². The summed E-state index contributed by atoms with van der Waals surface area (Å²) >= 11 is 0. The number of likely N-dealkylation sites (N-methyl/N-ethyl adjacent to an activating group) is 2. The van der Waals surface area contributed by atoms with Crippen molar-refractivity contribution in [1.29, 1.82) is 0 Å². The molecule has 278 valence electrons. The quantitative estimate of drug-likeness (QED) is 0.189. The fourth-order valence-electron chi connectivity index (χ4n) is 7.01. The molecule has 52 heavy (non-hydrogen) atoms. The average molecular weight is 711 g/mol. The number of hydrogen-bond acceptors (Lipinski definition) is 6. The summed E-state index contributed by atoms with van der Waals surface area (Å²) < 4.78 is 7.52. The first-order valence-electron chi connectivity index (χ1n) is 18.2. The van der Waals surface area contributed by atoms with Gasteiger partial charge in [-0.3, -0.25) is 19.1 Å². The first-order valence-corrected chi connectivity index (χ1v) is 18.2. The van der Waals surface area contributed by atoms with Crippen LogP contribution in [-0.2, 0) is 27.2 Å². The lowest BCUT2D eigenvalue weighted by atomic mass is 9.93. The van der Waals surface area contributed by atoms with Gasteiger partial charge in [-0.05, 0) is 76.6 Å². The van der Waals surface area contributed by atoms with Crippen molar-refractivity contribution in [2.75, 3.05) is 53.4 Å². The summed E-state index contributed by atoms with van der Waals surface area (Å²) in [5.74, 6) is -0.248. The fraction of sp³-hybridized carbons (Fsp3) is 0.463. The molecule has 1 N–H and O–H groups in total. The van der Waals surface area contributed by atoms with Crippen molar-refractivity contribution >= 4 is 28.9 Å². The van der Waals surface area contributed by atoms with Gasteiger partial charge in [-0.2, -0.15) is 0 Å². The van der Waals surface area contributed by atoms with E-state index in [2.05, 4.69) is 29.2 Å². The molecule has 0 radical (unpaired) electrons. The summed E-state index contributed by atoms with van der Waals surface area (Å²) in [4.78, 5) is 63.3. The molecule has 3 aromatic carbocycles. The number of carbonyl (C=O) groups is 3. The Labute approximate surface area is 307 Å². The minimum Gasteiger partial charge on any atom is -0.448 e. The summed E-state index contributed by atoms with van der Waals surface area (Å²) in [6.45, 7) is 9.28. The van der Waals surface area contributed by atoms with E-state index in [1.54, 1.807) is 38.3 Å². The van der Waals surface area contributed by atoms with Crippen molar-refractivity contribution in [3.05, 3.63) is 107 Å². The highest BCUT2D eigenvalue weighted by atomic mass is 16.6. The molecule has 1 aliphatic heterocycles. The maximum atomic E-state index is 13.8. The molecule has 1 aliphatic rings. The number of nitrogens with zero attached hydrogens (tertiary/aromatic N) is 5. The van der Waals surface area contributed by atoms with Gasteiger partial charge >= 0.3 is 11.8 Å². The number of aromatic nitrogens is 2. The first kappa shape index (κ1) is 38.3. The number of amides is 3. The minimum atomic E-state index is -0.473. The lowest BCUT2D eigenvalue weighted by Crippen LogP contribution is -2.53. The summed E-state index contributed by atoms with van der Waals surface area (Å²) in [7, 11) is 3.60.